The van der Waals surface area contributed by atoms with Crippen LogP contribution in [0.4, 0.5) is 9.59 Å². The highest BCUT2D eigenvalue weighted by Crippen LogP contribution is 2.20. The van der Waals surface area contributed by atoms with Crippen LogP contribution in [0.5, 0.6) is 23.0 Å². The maximum Gasteiger partial charge on any atom is 0.412 e. The normalized spacial score (nSPS) is 10.9. The first-order valence-electron chi connectivity index (χ1n) is 18.4. The molecular formula is C43H55N3O10. The lowest BCUT2D eigenvalue weighted by Gasteiger charge is -2.25. The molecule has 0 N–H and O–H groups in total. The summed E-state index contributed by atoms with van der Waals surface area (Å²) in [6, 6.07) is 30.3. The third-order valence-electron chi connectivity index (χ3n) is 9.10. The van der Waals surface area contributed by atoms with E-state index in [4.69, 9.17) is 37.9 Å². The summed E-state index contributed by atoms with van der Waals surface area (Å²) >= 11 is 0. The molecule has 0 heterocycles. The van der Waals surface area contributed by atoms with Gasteiger partial charge in [-0.25, -0.2) is 9.59 Å². The number of methoxy groups -OCH3 is 4. The van der Waals surface area contributed by atoms with E-state index in [1.54, 1.807) is 38.2 Å². The molecular weight excluding hydrogens is 718 g/mol. The van der Waals surface area contributed by atoms with Gasteiger partial charge in [-0.3, -0.25) is 9.80 Å². The smallest absolute Gasteiger partial charge is 0.412 e. The topological polar surface area (TPSA) is 118 Å². The largest absolute Gasteiger partial charge is 0.497 e. The summed E-state index contributed by atoms with van der Waals surface area (Å²) in [5.41, 5.74) is 3.73. The van der Waals surface area contributed by atoms with Gasteiger partial charge in [0.05, 0.1) is 41.7 Å². The molecule has 0 aliphatic heterocycles. The van der Waals surface area contributed by atoms with Crippen molar-refractivity contribution >= 4 is 12.2 Å². The van der Waals surface area contributed by atoms with Crippen LogP contribution in [-0.2, 0) is 45.1 Å². The third kappa shape index (κ3) is 14.6. The Morgan fingerprint density at radius 3 is 0.964 bits per heavy atom. The Morgan fingerprint density at radius 2 is 0.732 bits per heavy atom. The Hall–Kier alpha value is -5.50. The number of amides is 2. The van der Waals surface area contributed by atoms with Crippen molar-refractivity contribution in [3.8, 4) is 23.0 Å². The fourth-order valence-electron chi connectivity index (χ4n) is 5.76. The van der Waals surface area contributed by atoms with Crippen LogP contribution in [0.2, 0.25) is 0 Å². The summed E-state index contributed by atoms with van der Waals surface area (Å²) in [4.78, 5) is 31.8. The molecule has 0 saturated carbocycles. The second-order valence-corrected chi connectivity index (χ2v) is 13.2. The van der Waals surface area contributed by atoms with E-state index in [1.807, 2.05) is 111 Å². The van der Waals surface area contributed by atoms with Crippen molar-refractivity contribution < 1.29 is 47.5 Å². The highest BCUT2D eigenvalue weighted by atomic mass is 16.7. The zero-order valence-electron chi connectivity index (χ0n) is 33.3. The van der Waals surface area contributed by atoms with Crippen LogP contribution < -0.4 is 18.9 Å². The lowest BCUT2D eigenvalue weighted by Crippen LogP contribution is -2.33. The van der Waals surface area contributed by atoms with Crippen molar-refractivity contribution in [2.45, 2.75) is 45.1 Å². The predicted octanol–water partition coefficient (Wildman–Crippen LogP) is 7.36. The van der Waals surface area contributed by atoms with Crippen molar-refractivity contribution in [3.63, 3.8) is 0 Å². The number of rotatable bonds is 23. The Kier molecular flexibility index (Phi) is 18.1. The molecule has 0 bridgehead atoms. The van der Waals surface area contributed by atoms with Gasteiger partial charge in [-0.1, -0.05) is 48.5 Å². The molecule has 0 saturated heterocycles. The molecule has 0 aliphatic carbocycles. The highest BCUT2D eigenvalue weighted by molar-refractivity contribution is 5.68. The minimum absolute atomic E-state index is 0.115. The Bertz CT molecular complexity index is 1500. The second-order valence-electron chi connectivity index (χ2n) is 13.2. The van der Waals surface area contributed by atoms with Crippen LogP contribution in [0.1, 0.15) is 35.1 Å². The molecule has 302 valence electrons. The average Bonchev–Trinajstić information content (AvgIpc) is 3.22. The van der Waals surface area contributed by atoms with Crippen molar-refractivity contribution in [2.24, 2.45) is 0 Å². The van der Waals surface area contributed by atoms with Crippen LogP contribution in [0.15, 0.2) is 97.1 Å². The summed E-state index contributed by atoms with van der Waals surface area (Å²) in [6.45, 7) is 1.74. The average molecular weight is 774 g/mol. The van der Waals surface area contributed by atoms with E-state index < -0.39 is 12.2 Å². The summed E-state index contributed by atoms with van der Waals surface area (Å²) in [7, 11) is 10.4. The summed E-state index contributed by atoms with van der Waals surface area (Å²) in [5, 5.41) is 0. The van der Waals surface area contributed by atoms with Gasteiger partial charge in [0, 0.05) is 32.2 Å². The third-order valence-corrected chi connectivity index (χ3v) is 9.10. The molecule has 0 atom stereocenters. The minimum Gasteiger partial charge on any atom is -0.497 e. The van der Waals surface area contributed by atoms with Gasteiger partial charge in [-0.15, -0.1) is 0 Å². The van der Waals surface area contributed by atoms with Crippen LogP contribution in [0.25, 0.3) is 0 Å². The molecule has 4 rings (SSSR count). The maximum absolute atomic E-state index is 13.2. The second kappa shape index (κ2) is 23.4. The van der Waals surface area contributed by atoms with Crippen LogP contribution in [0, 0.1) is 0 Å². The molecule has 0 fully saturated rings. The molecule has 0 unspecified atom stereocenters. The standard InChI is InChI=1S/C43H55N3O10/c1-44(2)37(23-25-53-31-55-42(47)45(27-33-7-15-38(49-3)16-8-33)28-34-9-17-39(50-4)18-10-34)24-26-54-32-56-43(48)46(29-35-11-19-40(51-5)20-12-35)30-36-13-21-41(52-6)22-14-36/h7-22,37H,23-32H2,1-6H3. The first kappa shape index (κ1) is 43.2. The van der Waals surface area contributed by atoms with Crippen molar-refractivity contribution in [2.75, 3.05) is 69.3 Å². The van der Waals surface area contributed by atoms with Gasteiger partial charge < -0.3 is 42.8 Å². The van der Waals surface area contributed by atoms with Gasteiger partial charge in [0.15, 0.2) is 13.6 Å². The van der Waals surface area contributed by atoms with Crippen molar-refractivity contribution in [1.29, 1.82) is 0 Å². The number of carbonyl (C=O) groups is 2. The van der Waals surface area contributed by atoms with Gasteiger partial charge in [0.25, 0.3) is 0 Å². The summed E-state index contributed by atoms with van der Waals surface area (Å²) < 4.78 is 43.7. The molecule has 13 heteroatoms. The minimum atomic E-state index is -0.490. The molecule has 2 amide bonds. The summed E-state index contributed by atoms with van der Waals surface area (Å²) in [6.07, 6.45) is 0.366. The number of nitrogens with zero attached hydrogens (tertiary/aromatic N) is 3. The first-order valence-corrected chi connectivity index (χ1v) is 18.4. The quantitative estimate of drug-likeness (QED) is 0.0556. The monoisotopic (exact) mass is 773 g/mol. The molecule has 0 aromatic heterocycles. The van der Waals surface area contributed by atoms with Crippen molar-refractivity contribution in [1.82, 2.24) is 14.7 Å². The van der Waals surface area contributed by atoms with Crippen LogP contribution >= 0.6 is 0 Å². The number of benzene rings is 4. The van der Waals surface area contributed by atoms with Gasteiger partial charge in [-0.05, 0) is 97.7 Å². The van der Waals surface area contributed by atoms with Gasteiger partial charge in [0.2, 0.25) is 0 Å². The van der Waals surface area contributed by atoms with Crippen LogP contribution in [0.3, 0.4) is 0 Å². The molecule has 4 aromatic rings. The lowest BCUT2D eigenvalue weighted by atomic mass is 10.1. The van der Waals surface area contributed by atoms with E-state index >= 15 is 0 Å². The fourth-order valence-corrected chi connectivity index (χ4v) is 5.76. The van der Waals surface area contributed by atoms with E-state index in [0.29, 0.717) is 52.2 Å². The molecule has 0 spiro atoms. The number of ether oxygens (including phenoxy) is 8. The zero-order valence-corrected chi connectivity index (χ0v) is 33.3. The van der Waals surface area contributed by atoms with Crippen molar-refractivity contribution in [3.05, 3.63) is 119 Å². The maximum atomic E-state index is 13.2. The first-order chi connectivity index (χ1) is 27.2. The van der Waals surface area contributed by atoms with Gasteiger partial charge >= 0.3 is 12.2 Å². The summed E-state index contributed by atoms with van der Waals surface area (Å²) in [5.74, 6) is 2.95. The van der Waals surface area contributed by atoms with E-state index in [2.05, 4.69) is 4.90 Å². The van der Waals surface area contributed by atoms with Crippen LogP contribution in [-0.4, -0.2) is 102 Å². The molecule has 0 radical (unpaired) electrons. The number of hydrogen-bond acceptors (Lipinski definition) is 11. The van der Waals surface area contributed by atoms with E-state index in [-0.39, 0.29) is 19.6 Å². The lowest BCUT2D eigenvalue weighted by molar-refractivity contribution is -0.0421. The molecule has 56 heavy (non-hydrogen) atoms. The Morgan fingerprint density at radius 1 is 0.464 bits per heavy atom. The highest BCUT2D eigenvalue weighted by Gasteiger charge is 2.19. The number of carbonyl (C=O) groups excluding carboxylic acids is 2. The zero-order chi connectivity index (χ0) is 40.1. The Balaban J connectivity index is 1.21. The van der Waals surface area contributed by atoms with E-state index in [1.165, 1.54) is 0 Å². The van der Waals surface area contributed by atoms with Gasteiger partial charge in [0.1, 0.15) is 23.0 Å². The molecule has 0 aliphatic rings. The SMILES string of the molecule is COc1ccc(CN(Cc2ccc(OC)cc2)C(=O)OCOCCC(CCOCOC(=O)N(Cc2ccc(OC)cc2)Cc2ccc(OC)cc2)N(C)C)cc1. The fraction of sp³-hybridized carbons (Fsp3) is 0.395. The number of hydrogen-bond donors (Lipinski definition) is 0. The molecule has 13 nitrogen and oxygen atoms in total. The predicted molar refractivity (Wildman–Crippen MR) is 212 cm³/mol. The Labute approximate surface area is 330 Å². The van der Waals surface area contributed by atoms with E-state index in [9.17, 15) is 9.59 Å². The molecule has 4 aromatic carbocycles. The van der Waals surface area contributed by atoms with Gasteiger partial charge in [-0.2, -0.15) is 0 Å². The van der Waals surface area contributed by atoms with E-state index in [0.717, 1.165) is 45.3 Å².